The summed E-state index contributed by atoms with van der Waals surface area (Å²) in [5, 5.41) is 4.26. The van der Waals surface area contributed by atoms with Crippen molar-refractivity contribution < 1.29 is 4.74 Å². The van der Waals surface area contributed by atoms with Crippen LogP contribution >= 0.6 is 11.6 Å². The molecule has 2 heterocycles. The van der Waals surface area contributed by atoms with Crippen LogP contribution in [0.3, 0.4) is 0 Å². The van der Waals surface area contributed by atoms with Crippen LogP contribution in [0.5, 0.6) is 0 Å². The molecular weight excluding hydrogens is 260 g/mol. The Bertz CT molecular complexity index is 469. The van der Waals surface area contributed by atoms with Gasteiger partial charge >= 0.3 is 0 Å². The molecule has 19 heavy (non-hydrogen) atoms. The number of piperidine rings is 1. The molecule has 1 aromatic carbocycles. The summed E-state index contributed by atoms with van der Waals surface area (Å²) in [5.41, 5.74) is 1.21. The molecule has 3 rings (SSSR count). The molecule has 0 radical (unpaired) electrons. The molecule has 1 saturated heterocycles. The third-order valence-corrected chi connectivity index (χ3v) is 3.93. The molecule has 0 spiro atoms. The van der Waals surface area contributed by atoms with Gasteiger partial charge in [-0.2, -0.15) is 0 Å². The number of nitrogens with one attached hydrogen (secondary N) is 1. The number of rotatable bonds is 3. The fourth-order valence-electron chi connectivity index (χ4n) is 2.73. The lowest BCUT2D eigenvalue weighted by molar-refractivity contribution is 0.209. The average Bonchev–Trinajstić information content (AvgIpc) is 2.88. The Labute approximate surface area is 119 Å². The first-order valence-electron chi connectivity index (χ1n) is 7.00. The molecule has 2 aliphatic rings. The van der Waals surface area contributed by atoms with Crippen LogP contribution in [-0.4, -0.2) is 31.1 Å². The van der Waals surface area contributed by atoms with Crippen LogP contribution in [0.25, 0.3) is 0 Å². The maximum Gasteiger partial charge on any atom is 0.201 e. The van der Waals surface area contributed by atoms with Gasteiger partial charge in [0, 0.05) is 11.4 Å². The molecule has 0 bridgehead atoms. The predicted octanol–water partition coefficient (Wildman–Crippen LogP) is 2.82. The quantitative estimate of drug-likeness (QED) is 0.922. The number of aliphatic imine (C=N–C) groups is 1. The molecule has 0 aliphatic carbocycles. The van der Waals surface area contributed by atoms with Crippen molar-refractivity contribution in [2.45, 2.75) is 37.8 Å². The van der Waals surface area contributed by atoms with E-state index >= 15 is 0 Å². The molecule has 3 nitrogen and oxygen atoms in total. The van der Waals surface area contributed by atoms with Crippen molar-refractivity contribution in [1.82, 2.24) is 5.32 Å². The van der Waals surface area contributed by atoms with E-state index in [4.69, 9.17) is 16.3 Å². The van der Waals surface area contributed by atoms with Crippen LogP contribution in [0.2, 0.25) is 5.02 Å². The van der Waals surface area contributed by atoms with E-state index in [9.17, 15) is 0 Å². The smallest absolute Gasteiger partial charge is 0.201 e. The first-order valence-corrected chi connectivity index (χ1v) is 7.38. The number of hydrogen-bond donors (Lipinski definition) is 1. The predicted molar refractivity (Wildman–Crippen MR) is 78.0 cm³/mol. The van der Waals surface area contributed by atoms with Crippen LogP contribution < -0.4 is 5.32 Å². The van der Waals surface area contributed by atoms with Crippen LogP contribution in [0.4, 0.5) is 0 Å². The van der Waals surface area contributed by atoms with Crippen molar-refractivity contribution in [1.29, 1.82) is 0 Å². The van der Waals surface area contributed by atoms with Crippen molar-refractivity contribution >= 4 is 17.5 Å². The molecule has 2 atom stereocenters. The summed E-state index contributed by atoms with van der Waals surface area (Å²) < 4.78 is 5.99. The lowest BCUT2D eigenvalue weighted by Crippen LogP contribution is -2.41. The SMILES string of the molecule is Clc1cccc(CC2CN=C(C3CCCCN3)O2)c1. The number of halogens is 1. The Kier molecular flexibility index (Phi) is 4.04. The molecule has 2 aliphatic heterocycles. The zero-order valence-electron chi connectivity index (χ0n) is 10.9. The highest BCUT2D eigenvalue weighted by Gasteiger charge is 2.27. The minimum absolute atomic E-state index is 0.164. The van der Waals surface area contributed by atoms with Crippen LogP contribution in [0.15, 0.2) is 29.3 Å². The standard InChI is InChI=1S/C15H19ClN2O/c16-12-5-3-4-11(8-12)9-13-10-18-15(19-13)14-6-1-2-7-17-14/h3-5,8,13-14,17H,1-2,6-7,9-10H2. The summed E-state index contributed by atoms with van der Waals surface area (Å²) in [4.78, 5) is 4.56. The van der Waals surface area contributed by atoms with Gasteiger partial charge in [0.15, 0.2) is 0 Å². The van der Waals surface area contributed by atoms with Crippen molar-refractivity contribution in [3.8, 4) is 0 Å². The van der Waals surface area contributed by atoms with Crippen molar-refractivity contribution in [3.63, 3.8) is 0 Å². The number of benzene rings is 1. The molecule has 0 amide bonds. The van der Waals surface area contributed by atoms with Crippen LogP contribution in [-0.2, 0) is 11.2 Å². The van der Waals surface area contributed by atoms with E-state index in [0.29, 0.717) is 6.04 Å². The number of ether oxygens (including phenoxy) is 1. The van der Waals surface area contributed by atoms with E-state index in [-0.39, 0.29) is 6.10 Å². The monoisotopic (exact) mass is 278 g/mol. The topological polar surface area (TPSA) is 33.6 Å². The average molecular weight is 279 g/mol. The third-order valence-electron chi connectivity index (χ3n) is 3.70. The highest BCUT2D eigenvalue weighted by molar-refractivity contribution is 6.30. The number of nitrogens with zero attached hydrogens (tertiary/aromatic N) is 1. The summed E-state index contributed by atoms with van der Waals surface area (Å²) in [6.07, 6.45) is 4.70. The summed E-state index contributed by atoms with van der Waals surface area (Å²) in [5.74, 6) is 0.909. The van der Waals surface area contributed by atoms with Crippen molar-refractivity contribution in [2.24, 2.45) is 4.99 Å². The van der Waals surface area contributed by atoms with Gasteiger partial charge in [-0.15, -0.1) is 0 Å². The van der Waals surface area contributed by atoms with Gasteiger partial charge < -0.3 is 10.1 Å². The second-order valence-electron chi connectivity index (χ2n) is 5.26. The Morgan fingerprint density at radius 1 is 1.37 bits per heavy atom. The van der Waals surface area contributed by atoms with E-state index in [1.54, 1.807) is 0 Å². The Hall–Kier alpha value is -1.06. The zero-order chi connectivity index (χ0) is 13.1. The molecule has 102 valence electrons. The van der Waals surface area contributed by atoms with Gasteiger partial charge in [0.2, 0.25) is 5.90 Å². The van der Waals surface area contributed by atoms with E-state index in [0.717, 1.165) is 36.9 Å². The first kappa shape index (κ1) is 12.9. The van der Waals surface area contributed by atoms with Gasteiger partial charge in [-0.25, -0.2) is 0 Å². The summed E-state index contributed by atoms with van der Waals surface area (Å²) in [7, 11) is 0. The van der Waals surface area contributed by atoms with E-state index in [1.165, 1.54) is 18.4 Å². The fourth-order valence-corrected chi connectivity index (χ4v) is 2.94. The van der Waals surface area contributed by atoms with Crippen LogP contribution in [0.1, 0.15) is 24.8 Å². The van der Waals surface area contributed by atoms with E-state index < -0.39 is 0 Å². The van der Waals surface area contributed by atoms with E-state index in [2.05, 4.69) is 16.4 Å². The molecule has 1 fully saturated rings. The summed E-state index contributed by atoms with van der Waals surface area (Å²) in [6, 6.07) is 8.30. The fraction of sp³-hybridized carbons (Fsp3) is 0.533. The molecule has 1 aromatic rings. The Morgan fingerprint density at radius 2 is 2.32 bits per heavy atom. The molecule has 4 heteroatoms. The molecule has 0 aromatic heterocycles. The first-order chi connectivity index (χ1) is 9.31. The Morgan fingerprint density at radius 3 is 3.11 bits per heavy atom. The van der Waals surface area contributed by atoms with Gasteiger partial charge in [0.05, 0.1) is 12.6 Å². The highest BCUT2D eigenvalue weighted by Crippen LogP contribution is 2.19. The number of hydrogen-bond acceptors (Lipinski definition) is 3. The van der Waals surface area contributed by atoms with Gasteiger partial charge in [-0.3, -0.25) is 4.99 Å². The van der Waals surface area contributed by atoms with Gasteiger partial charge in [0.25, 0.3) is 0 Å². The van der Waals surface area contributed by atoms with Crippen molar-refractivity contribution in [2.75, 3.05) is 13.1 Å². The van der Waals surface area contributed by atoms with Crippen molar-refractivity contribution in [3.05, 3.63) is 34.9 Å². The van der Waals surface area contributed by atoms with E-state index in [1.807, 2.05) is 18.2 Å². The van der Waals surface area contributed by atoms with Crippen LogP contribution in [0, 0.1) is 0 Å². The minimum Gasteiger partial charge on any atom is -0.474 e. The van der Waals surface area contributed by atoms with Gasteiger partial charge in [-0.1, -0.05) is 30.2 Å². The molecule has 0 saturated carbocycles. The Balaban J connectivity index is 1.55. The zero-order valence-corrected chi connectivity index (χ0v) is 11.7. The minimum atomic E-state index is 0.164. The summed E-state index contributed by atoms with van der Waals surface area (Å²) in [6.45, 7) is 1.84. The lowest BCUT2D eigenvalue weighted by Gasteiger charge is -2.23. The summed E-state index contributed by atoms with van der Waals surface area (Å²) >= 11 is 6.00. The normalized spacial score (nSPS) is 26.9. The highest BCUT2D eigenvalue weighted by atomic mass is 35.5. The molecular formula is C15H19ClN2O. The van der Waals surface area contributed by atoms with Gasteiger partial charge in [0.1, 0.15) is 6.10 Å². The lowest BCUT2D eigenvalue weighted by atomic mass is 10.1. The molecule has 1 N–H and O–H groups in total. The maximum absolute atomic E-state index is 6.00. The second-order valence-corrected chi connectivity index (χ2v) is 5.69. The largest absolute Gasteiger partial charge is 0.474 e. The molecule has 2 unspecified atom stereocenters. The maximum atomic E-state index is 6.00. The third kappa shape index (κ3) is 3.28. The van der Waals surface area contributed by atoms with Gasteiger partial charge in [-0.05, 0) is 37.1 Å². The second kappa shape index (κ2) is 5.93.